The zero-order valence-electron chi connectivity index (χ0n) is 12.6. The summed E-state index contributed by atoms with van der Waals surface area (Å²) < 4.78 is 5.76. The summed E-state index contributed by atoms with van der Waals surface area (Å²) in [7, 11) is 0. The topological polar surface area (TPSA) is 46.5 Å². The molecular formula is C17H24O3. The third-order valence-electron chi connectivity index (χ3n) is 4.20. The first-order chi connectivity index (χ1) is 9.37. The molecule has 3 nitrogen and oxygen atoms in total. The molecule has 0 unspecified atom stereocenters. The maximum absolute atomic E-state index is 11.2. The molecule has 0 aliphatic carbocycles. The van der Waals surface area contributed by atoms with E-state index in [1.54, 1.807) is 0 Å². The van der Waals surface area contributed by atoms with Gasteiger partial charge < -0.3 is 9.84 Å². The third-order valence-corrected chi connectivity index (χ3v) is 4.20. The molecule has 3 heteroatoms. The summed E-state index contributed by atoms with van der Waals surface area (Å²) in [6.45, 7) is 6.95. The van der Waals surface area contributed by atoms with E-state index in [0.717, 1.165) is 25.0 Å². The average Bonchev–Trinajstić information content (AvgIpc) is 2.36. The van der Waals surface area contributed by atoms with E-state index >= 15 is 0 Å². The van der Waals surface area contributed by atoms with Gasteiger partial charge in [-0.05, 0) is 51.0 Å². The molecule has 1 saturated heterocycles. The molecule has 1 aliphatic heterocycles. The Morgan fingerprint density at radius 1 is 1.40 bits per heavy atom. The zero-order chi connectivity index (χ0) is 14.8. The van der Waals surface area contributed by atoms with Gasteiger partial charge in [-0.3, -0.25) is 4.79 Å². The van der Waals surface area contributed by atoms with E-state index in [9.17, 15) is 9.90 Å². The Balaban J connectivity index is 2.23. The molecule has 20 heavy (non-hydrogen) atoms. The van der Waals surface area contributed by atoms with Gasteiger partial charge in [-0.1, -0.05) is 29.8 Å². The van der Waals surface area contributed by atoms with E-state index in [2.05, 4.69) is 38.1 Å². The highest BCUT2D eigenvalue weighted by Gasteiger charge is 2.35. The van der Waals surface area contributed by atoms with Gasteiger partial charge in [-0.25, -0.2) is 0 Å². The van der Waals surface area contributed by atoms with Crippen LogP contribution >= 0.6 is 0 Å². The van der Waals surface area contributed by atoms with Gasteiger partial charge in [0.2, 0.25) is 0 Å². The summed E-state index contributed by atoms with van der Waals surface area (Å²) in [6.07, 6.45) is 2.05. The first-order valence-corrected chi connectivity index (χ1v) is 7.30. The van der Waals surface area contributed by atoms with Crippen LogP contribution in [-0.4, -0.2) is 23.3 Å². The number of carboxylic acid groups (broad SMARTS) is 1. The van der Waals surface area contributed by atoms with E-state index in [-0.39, 0.29) is 17.9 Å². The number of aliphatic carboxylic acids is 1. The van der Waals surface area contributed by atoms with Gasteiger partial charge in [0.05, 0.1) is 12.0 Å². The van der Waals surface area contributed by atoms with Crippen LogP contribution in [0, 0.1) is 12.8 Å². The van der Waals surface area contributed by atoms with Crippen LogP contribution in [0.5, 0.6) is 0 Å². The number of rotatable bonds is 4. The lowest BCUT2D eigenvalue weighted by molar-refractivity contribution is -0.138. The molecule has 0 bridgehead atoms. The van der Waals surface area contributed by atoms with Crippen molar-refractivity contribution in [3.05, 3.63) is 35.4 Å². The largest absolute Gasteiger partial charge is 0.481 e. The predicted molar refractivity (Wildman–Crippen MR) is 78.9 cm³/mol. The van der Waals surface area contributed by atoms with Crippen LogP contribution in [-0.2, 0) is 9.53 Å². The maximum atomic E-state index is 11.2. The monoisotopic (exact) mass is 276 g/mol. The van der Waals surface area contributed by atoms with E-state index in [4.69, 9.17) is 4.74 Å². The van der Waals surface area contributed by atoms with Crippen molar-refractivity contribution in [2.24, 2.45) is 5.92 Å². The molecule has 1 heterocycles. The molecule has 0 radical (unpaired) electrons. The SMILES string of the molecule is Cc1ccc([C@@H](CC(=O)O)[C@@H]2CCOC(C)(C)C2)cc1. The summed E-state index contributed by atoms with van der Waals surface area (Å²) in [5, 5.41) is 9.23. The Hall–Kier alpha value is -1.35. The molecule has 0 saturated carbocycles. The van der Waals surface area contributed by atoms with Gasteiger partial charge in [0.1, 0.15) is 0 Å². The number of benzene rings is 1. The summed E-state index contributed by atoms with van der Waals surface area (Å²) in [6, 6.07) is 8.28. The van der Waals surface area contributed by atoms with Crippen molar-refractivity contribution in [3.63, 3.8) is 0 Å². The average molecular weight is 276 g/mol. The fourth-order valence-corrected chi connectivity index (χ4v) is 3.18. The van der Waals surface area contributed by atoms with Crippen LogP contribution in [0.2, 0.25) is 0 Å². The Bertz CT molecular complexity index is 462. The minimum absolute atomic E-state index is 0.0799. The van der Waals surface area contributed by atoms with Crippen LogP contribution in [0.4, 0.5) is 0 Å². The molecule has 0 spiro atoms. The molecule has 0 amide bonds. The van der Waals surface area contributed by atoms with Gasteiger partial charge >= 0.3 is 5.97 Å². The molecule has 0 aromatic heterocycles. The van der Waals surface area contributed by atoms with E-state index < -0.39 is 5.97 Å². The van der Waals surface area contributed by atoms with Gasteiger partial charge in [0.15, 0.2) is 0 Å². The van der Waals surface area contributed by atoms with Crippen molar-refractivity contribution in [2.75, 3.05) is 6.61 Å². The fraction of sp³-hybridized carbons (Fsp3) is 0.588. The zero-order valence-corrected chi connectivity index (χ0v) is 12.6. The lowest BCUT2D eigenvalue weighted by Crippen LogP contribution is -2.36. The minimum Gasteiger partial charge on any atom is -0.481 e. The van der Waals surface area contributed by atoms with Crippen molar-refractivity contribution < 1.29 is 14.6 Å². The third kappa shape index (κ3) is 3.83. The standard InChI is InChI=1S/C17H24O3/c1-12-4-6-13(7-5-12)15(10-16(18)19)14-8-9-20-17(2,3)11-14/h4-7,14-15H,8-11H2,1-3H3,(H,18,19)/t14-,15-/m1/s1. The first-order valence-electron chi connectivity index (χ1n) is 7.30. The van der Waals surface area contributed by atoms with Crippen molar-refractivity contribution >= 4 is 5.97 Å². The van der Waals surface area contributed by atoms with Crippen molar-refractivity contribution in [2.45, 2.75) is 51.6 Å². The minimum atomic E-state index is -0.722. The Morgan fingerprint density at radius 3 is 2.60 bits per heavy atom. The molecule has 1 N–H and O–H groups in total. The summed E-state index contributed by atoms with van der Waals surface area (Å²) in [4.78, 5) is 11.2. The molecule has 1 aromatic carbocycles. The first kappa shape index (κ1) is 15.0. The Morgan fingerprint density at radius 2 is 2.05 bits per heavy atom. The number of carbonyl (C=O) groups is 1. The number of ether oxygens (including phenoxy) is 1. The lowest BCUT2D eigenvalue weighted by Gasteiger charge is -2.39. The lowest BCUT2D eigenvalue weighted by atomic mass is 9.75. The van der Waals surface area contributed by atoms with Gasteiger partial charge in [0.25, 0.3) is 0 Å². The summed E-state index contributed by atoms with van der Waals surface area (Å²) >= 11 is 0. The summed E-state index contributed by atoms with van der Waals surface area (Å²) in [5.41, 5.74) is 2.19. The van der Waals surface area contributed by atoms with E-state index in [1.807, 2.05) is 6.92 Å². The van der Waals surface area contributed by atoms with E-state index in [1.165, 1.54) is 5.56 Å². The second-order valence-electron chi connectivity index (χ2n) is 6.48. The van der Waals surface area contributed by atoms with Gasteiger partial charge in [0, 0.05) is 6.61 Å². The number of carboxylic acids is 1. The molecule has 1 aliphatic rings. The smallest absolute Gasteiger partial charge is 0.303 e. The second-order valence-corrected chi connectivity index (χ2v) is 6.48. The molecule has 1 aromatic rings. The van der Waals surface area contributed by atoms with Crippen LogP contribution in [0.25, 0.3) is 0 Å². The molecular weight excluding hydrogens is 252 g/mol. The quantitative estimate of drug-likeness (QED) is 0.910. The maximum Gasteiger partial charge on any atom is 0.303 e. The highest BCUT2D eigenvalue weighted by molar-refractivity contribution is 5.68. The van der Waals surface area contributed by atoms with Crippen LogP contribution in [0.1, 0.15) is 50.2 Å². The van der Waals surface area contributed by atoms with Gasteiger partial charge in [-0.15, -0.1) is 0 Å². The normalized spacial score (nSPS) is 23.2. The highest BCUT2D eigenvalue weighted by Crippen LogP contribution is 2.40. The molecule has 2 rings (SSSR count). The number of aryl methyl sites for hydroxylation is 1. The fourth-order valence-electron chi connectivity index (χ4n) is 3.18. The number of hydrogen-bond acceptors (Lipinski definition) is 2. The van der Waals surface area contributed by atoms with Crippen LogP contribution in [0.3, 0.4) is 0 Å². The number of hydrogen-bond donors (Lipinski definition) is 1. The van der Waals surface area contributed by atoms with Crippen molar-refractivity contribution in [1.29, 1.82) is 0 Å². The van der Waals surface area contributed by atoms with Crippen molar-refractivity contribution in [1.82, 2.24) is 0 Å². The van der Waals surface area contributed by atoms with Gasteiger partial charge in [-0.2, -0.15) is 0 Å². The Labute approximate surface area is 121 Å². The molecule has 2 atom stereocenters. The van der Waals surface area contributed by atoms with E-state index in [0.29, 0.717) is 5.92 Å². The summed E-state index contributed by atoms with van der Waals surface area (Å²) in [5.74, 6) is -0.270. The molecule has 110 valence electrons. The second kappa shape index (κ2) is 5.96. The van der Waals surface area contributed by atoms with Crippen LogP contribution < -0.4 is 0 Å². The Kier molecular flexibility index (Phi) is 4.48. The van der Waals surface area contributed by atoms with Crippen LogP contribution in [0.15, 0.2) is 24.3 Å². The predicted octanol–water partition coefficient (Wildman–Crippen LogP) is 3.76. The molecule has 1 fully saturated rings. The van der Waals surface area contributed by atoms with Crippen molar-refractivity contribution in [3.8, 4) is 0 Å². The highest BCUT2D eigenvalue weighted by atomic mass is 16.5.